The number of rotatable bonds is 7. The van der Waals surface area contributed by atoms with Crippen molar-refractivity contribution in [2.24, 2.45) is 0 Å². The zero-order valence-corrected chi connectivity index (χ0v) is 19.2. The Morgan fingerprint density at radius 2 is 1.76 bits per heavy atom. The van der Waals surface area contributed by atoms with Gasteiger partial charge in [0.2, 0.25) is 5.91 Å². The molecule has 0 saturated carbocycles. The molecule has 3 aromatic carbocycles. The average molecular weight is 440 g/mol. The number of imidazole rings is 1. The molecule has 5 nitrogen and oxygen atoms in total. The minimum atomic E-state index is 0.0493. The molecule has 1 aliphatic rings. The van der Waals surface area contributed by atoms with Crippen LogP contribution in [0, 0.1) is 6.92 Å². The topological polar surface area (TPSA) is 47.4 Å². The van der Waals surface area contributed by atoms with Crippen molar-refractivity contribution in [2.45, 2.75) is 39.2 Å². The number of benzene rings is 3. The van der Waals surface area contributed by atoms with Gasteiger partial charge in [0.25, 0.3) is 0 Å². The van der Waals surface area contributed by atoms with Crippen LogP contribution in [0.5, 0.6) is 5.75 Å². The lowest BCUT2D eigenvalue weighted by Crippen LogP contribution is -2.25. The number of para-hydroxylation sites is 4. The van der Waals surface area contributed by atoms with Crippen LogP contribution in [0.1, 0.15) is 36.2 Å². The van der Waals surface area contributed by atoms with Crippen LogP contribution in [0.2, 0.25) is 0 Å². The van der Waals surface area contributed by atoms with E-state index in [1.165, 1.54) is 5.56 Å². The van der Waals surface area contributed by atoms with Crippen LogP contribution in [0.25, 0.3) is 11.0 Å². The van der Waals surface area contributed by atoms with Crippen molar-refractivity contribution in [3.8, 4) is 5.75 Å². The SMILES string of the molecule is CCc1ccccc1N1C[C@@H](c2nc3ccccc3n2CCOc2ccccc2C)CC1=O. The van der Waals surface area contributed by atoms with Gasteiger partial charge in [0, 0.05) is 24.6 Å². The van der Waals surface area contributed by atoms with E-state index in [4.69, 9.17) is 9.72 Å². The molecule has 1 saturated heterocycles. The van der Waals surface area contributed by atoms with Crippen molar-refractivity contribution in [3.63, 3.8) is 0 Å². The van der Waals surface area contributed by atoms with E-state index in [0.29, 0.717) is 26.1 Å². The molecular formula is C28H29N3O2. The van der Waals surface area contributed by atoms with Gasteiger partial charge in [-0.05, 0) is 48.7 Å². The van der Waals surface area contributed by atoms with Crippen molar-refractivity contribution in [1.29, 1.82) is 0 Å². The van der Waals surface area contributed by atoms with Crippen molar-refractivity contribution in [2.75, 3.05) is 18.1 Å². The number of ether oxygens (including phenoxy) is 1. The van der Waals surface area contributed by atoms with Crippen molar-refractivity contribution in [1.82, 2.24) is 9.55 Å². The fraction of sp³-hybridized carbons (Fsp3) is 0.286. The van der Waals surface area contributed by atoms with Gasteiger partial charge in [-0.1, -0.05) is 55.5 Å². The molecule has 1 aliphatic heterocycles. The Labute approximate surface area is 194 Å². The third-order valence-electron chi connectivity index (χ3n) is 6.50. The molecule has 0 N–H and O–H groups in total. The lowest BCUT2D eigenvalue weighted by molar-refractivity contribution is -0.117. The predicted molar refractivity (Wildman–Crippen MR) is 132 cm³/mol. The summed E-state index contributed by atoms with van der Waals surface area (Å²) in [5.74, 6) is 2.08. The standard InChI is InChI=1S/C28H29N3O2/c1-3-21-11-5-7-13-24(21)31-19-22(18-27(31)32)28-29-23-12-6-8-14-25(23)30(28)16-17-33-26-15-9-4-10-20(26)2/h4-15,22H,3,16-19H2,1-2H3/t22-/m0/s1. The molecule has 2 heterocycles. The number of nitrogens with zero attached hydrogens (tertiary/aromatic N) is 3. The monoisotopic (exact) mass is 439 g/mol. The third-order valence-corrected chi connectivity index (χ3v) is 6.50. The molecular weight excluding hydrogens is 410 g/mol. The number of amides is 1. The first-order chi connectivity index (χ1) is 16.2. The van der Waals surface area contributed by atoms with Gasteiger partial charge in [0.05, 0.1) is 17.6 Å². The third kappa shape index (κ3) is 4.11. The first-order valence-electron chi connectivity index (χ1n) is 11.7. The lowest BCUT2D eigenvalue weighted by atomic mass is 10.1. The maximum absolute atomic E-state index is 13.1. The molecule has 5 heteroatoms. The largest absolute Gasteiger partial charge is 0.491 e. The summed E-state index contributed by atoms with van der Waals surface area (Å²) in [6.07, 6.45) is 1.37. The molecule has 0 radical (unpaired) electrons. The van der Waals surface area contributed by atoms with Crippen LogP contribution in [0.4, 0.5) is 5.69 Å². The summed E-state index contributed by atoms with van der Waals surface area (Å²) in [6.45, 7) is 6.06. The summed E-state index contributed by atoms with van der Waals surface area (Å²) < 4.78 is 8.33. The van der Waals surface area contributed by atoms with Gasteiger partial charge < -0.3 is 14.2 Å². The minimum absolute atomic E-state index is 0.0493. The molecule has 0 unspecified atom stereocenters. The average Bonchev–Trinajstić information content (AvgIpc) is 3.41. The molecule has 5 rings (SSSR count). The number of carbonyl (C=O) groups is 1. The second-order valence-electron chi connectivity index (χ2n) is 8.61. The summed E-state index contributed by atoms with van der Waals surface area (Å²) in [6, 6.07) is 24.5. The number of hydrogen-bond donors (Lipinski definition) is 0. The highest BCUT2D eigenvalue weighted by Gasteiger charge is 2.35. The Morgan fingerprint density at radius 3 is 2.61 bits per heavy atom. The predicted octanol–water partition coefficient (Wildman–Crippen LogP) is 5.51. The van der Waals surface area contributed by atoms with Crippen molar-refractivity contribution >= 4 is 22.6 Å². The number of aryl methyl sites for hydroxylation is 2. The summed E-state index contributed by atoms with van der Waals surface area (Å²) in [7, 11) is 0. The van der Waals surface area contributed by atoms with E-state index < -0.39 is 0 Å². The molecule has 1 amide bonds. The van der Waals surface area contributed by atoms with E-state index in [1.807, 2.05) is 53.4 Å². The second kappa shape index (κ2) is 9.10. The van der Waals surface area contributed by atoms with Crippen LogP contribution in [-0.2, 0) is 17.8 Å². The van der Waals surface area contributed by atoms with Crippen LogP contribution < -0.4 is 9.64 Å². The van der Waals surface area contributed by atoms with E-state index in [-0.39, 0.29) is 11.8 Å². The first-order valence-corrected chi connectivity index (χ1v) is 11.7. The van der Waals surface area contributed by atoms with Gasteiger partial charge in [-0.2, -0.15) is 0 Å². The molecule has 0 spiro atoms. The van der Waals surface area contributed by atoms with E-state index in [9.17, 15) is 4.79 Å². The van der Waals surface area contributed by atoms with E-state index in [1.54, 1.807) is 0 Å². The van der Waals surface area contributed by atoms with E-state index in [2.05, 4.69) is 42.7 Å². The quantitative estimate of drug-likeness (QED) is 0.382. The van der Waals surface area contributed by atoms with Crippen LogP contribution >= 0.6 is 0 Å². The number of aromatic nitrogens is 2. The summed E-state index contributed by atoms with van der Waals surface area (Å²) in [5.41, 5.74) is 5.40. The number of hydrogen-bond acceptors (Lipinski definition) is 3. The second-order valence-corrected chi connectivity index (χ2v) is 8.61. The molecule has 1 aromatic heterocycles. The summed E-state index contributed by atoms with van der Waals surface area (Å²) >= 11 is 0. The normalized spacial score (nSPS) is 16.0. The van der Waals surface area contributed by atoms with Gasteiger partial charge in [-0.15, -0.1) is 0 Å². The number of fused-ring (bicyclic) bond motifs is 1. The Morgan fingerprint density at radius 1 is 1.00 bits per heavy atom. The minimum Gasteiger partial charge on any atom is -0.491 e. The Bertz CT molecular complexity index is 1290. The lowest BCUT2D eigenvalue weighted by Gasteiger charge is -2.20. The molecule has 33 heavy (non-hydrogen) atoms. The molecule has 1 fully saturated rings. The Balaban J connectivity index is 1.42. The fourth-order valence-electron chi connectivity index (χ4n) is 4.79. The van der Waals surface area contributed by atoms with Gasteiger partial charge in [-0.25, -0.2) is 4.98 Å². The van der Waals surface area contributed by atoms with Crippen LogP contribution in [-0.4, -0.2) is 28.6 Å². The first kappa shape index (κ1) is 21.3. The molecule has 1 atom stereocenters. The molecule has 0 aliphatic carbocycles. The molecule has 168 valence electrons. The van der Waals surface area contributed by atoms with Gasteiger partial charge in [0.15, 0.2) is 0 Å². The Kier molecular flexibility index (Phi) is 5.86. The highest BCUT2D eigenvalue weighted by Crippen LogP contribution is 2.34. The van der Waals surface area contributed by atoms with Gasteiger partial charge >= 0.3 is 0 Å². The Hall–Kier alpha value is -3.60. The zero-order valence-electron chi connectivity index (χ0n) is 19.2. The summed E-state index contributed by atoms with van der Waals surface area (Å²) in [4.78, 5) is 20.0. The zero-order chi connectivity index (χ0) is 22.8. The van der Waals surface area contributed by atoms with Crippen LogP contribution in [0.3, 0.4) is 0 Å². The van der Waals surface area contributed by atoms with E-state index >= 15 is 0 Å². The smallest absolute Gasteiger partial charge is 0.227 e. The van der Waals surface area contributed by atoms with Crippen molar-refractivity contribution in [3.05, 3.63) is 89.7 Å². The van der Waals surface area contributed by atoms with Gasteiger partial charge in [0.1, 0.15) is 18.2 Å². The fourth-order valence-corrected chi connectivity index (χ4v) is 4.79. The van der Waals surface area contributed by atoms with Crippen molar-refractivity contribution < 1.29 is 9.53 Å². The highest BCUT2D eigenvalue weighted by molar-refractivity contribution is 5.97. The molecule has 4 aromatic rings. The summed E-state index contributed by atoms with van der Waals surface area (Å²) in [5, 5.41) is 0. The highest BCUT2D eigenvalue weighted by atomic mass is 16.5. The maximum atomic E-state index is 13.1. The van der Waals surface area contributed by atoms with Crippen LogP contribution in [0.15, 0.2) is 72.8 Å². The number of carbonyl (C=O) groups excluding carboxylic acids is 1. The molecule has 0 bridgehead atoms. The maximum Gasteiger partial charge on any atom is 0.227 e. The van der Waals surface area contributed by atoms with Gasteiger partial charge in [-0.3, -0.25) is 4.79 Å². The van der Waals surface area contributed by atoms with E-state index in [0.717, 1.165) is 40.3 Å². The number of anilines is 1.